The Bertz CT molecular complexity index is 487. The van der Waals surface area contributed by atoms with Gasteiger partial charge in [0.2, 0.25) is 5.91 Å². The van der Waals surface area contributed by atoms with Gasteiger partial charge in [-0.2, -0.15) is 0 Å². The lowest BCUT2D eigenvalue weighted by Crippen LogP contribution is -2.51. The maximum Gasteiger partial charge on any atom is 0.325 e. The van der Waals surface area contributed by atoms with Gasteiger partial charge < -0.3 is 16.0 Å². The number of nitrogens with one attached hydrogen (secondary N) is 3. The lowest BCUT2D eigenvalue weighted by molar-refractivity contribution is -0.136. The number of urea groups is 1. The summed E-state index contributed by atoms with van der Waals surface area (Å²) in [4.78, 5) is 37.7. The molecular weight excluding hydrogens is 320 g/mol. The third kappa shape index (κ3) is 3.61. The third-order valence-corrected chi connectivity index (χ3v) is 5.13. The van der Waals surface area contributed by atoms with Crippen LogP contribution in [-0.2, 0) is 9.59 Å². The van der Waals surface area contributed by atoms with E-state index < -0.39 is 11.6 Å². The molecule has 3 aliphatic rings. The maximum atomic E-state index is 12.6. The fourth-order valence-corrected chi connectivity index (χ4v) is 3.36. The quantitative estimate of drug-likeness (QED) is 0.637. The molecule has 0 aromatic heterocycles. The van der Waals surface area contributed by atoms with E-state index in [4.69, 9.17) is 0 Å². The number of halogens is 1. The van der Waals surface area contributed by atoms with Crippen LogP contribution in [0.4, 0.5) is 4.79 Å². The van der Waals surface area contributed by atoms with Crippen LogP contribution in [0.15, 0.2) is 0 Å². The number of carbonyl (C=O) groups is 3. The number of imide groups is 1. The molecule has 0 bridgehead atoms. The topological polar surface area (TPSA) is 90.5 Å². The minimum Gasteiger partial charge on any atom is -0.354 e. The highest BCUT2D eigenvalue weighted by molar-refractivity contribution is 6.09. The molecule has 2 saturated heterocycles. The molecule has 3 fully saturated rings. The third-order valence-electron chi connectivity index (χ3n) is 5.13. The van der Waals surface area contributed by atoms with Crippen LogP contribution < -0.4 is 16.0 Å². The normalized spacial score (nSPS) is 30.7. The van der Waals surface area contributed by atoms with Gasteiger partial charge in [-0.15, -0.1) is 12.4 Å². The monoisotopic (exact) mass is 344 g/mol. The first-order chi connectivity index (χ1) is 10.5. The first kappa shape index (κ1) is 18.0. The summed E-state index contributed by atoms with van der Waals surface area (Å²) in [6.45, 7) is 4.39. The van der Waals surface area contributed by atoms with Crippen molar-refractivity contribution in [3.05, 3.63) is 0 Å². The molecule has 130 valence electrons. The summed E-state index contributed by atoms with van der Waals surface area (Å²) in [6.07, 6.45) is 3.21. The van der Waals surface area contributed by atoms with Crippen molar-refractivity contribution in [1.29, 1.82) is 0 Å². The molecule has 3 rings (SSSR count). The molecule has 0 aromatic carbocycles. The van der Waals surface area contributed by atoms with Crippen molar-refractivity contribution in [2.75, 3.05) is 26.2 Å². The molecule has 7 nitrogen and oxygen atoms in total. The second-order valence-corrected chi connectivity index (χ2v) is 6.91. The molecule has 0 radical (unpaired) electrons. The highest BCUT2D eigenvalue weighted by Gasteiger charge is 2.52. The average Bonchev–Trinajstić information content (AvgIpc) is 2.65. The summed E-state index contributed by atoms with van der Waals surface area (Å²) in [5.41, 5.74) is -0.762. The van der Waals surface area contributed by atoms with Gasteiger partial charge in [0.05, 0.1) is 0 Å². The van der Waals surface area contributed by atoms with Crippen molar-refractivity contribution >= 4 is 30.3 Å². The predicted molar refractivity (Wildman–Crippen MR) is 87.2 cm³/mol. The lowest BCUT2D eigenvalue weighted by atomic mass is 9.77. The zero-order valence-electron chi connectivity index (χ0n) is 13.4. The van der Waals surface area contributed by atoms with Crippen LogP contribution in [0.3, 0.4) is 0 Å². The maximum absolute atomic E-state index is 12.6. The van der Waals surface area contributed by atoms with Crippen LogP contribution >= 0.6 is 12.4 Å². The van der Waals surface area contributed by atoms with E-state index in [9.17, 15) is 14.4 Å². The Morgan fingerprint density at radius 2 is 1.96 bits per heavy atom. The summed E-state index contributed by atoms with van der Waals surface area (Å²) in [7, 11) is 0. The average molecular weight is 345 g/mol. The summed E-state index contributed by atoms with van der Waals surface area (Å²) in [5.74, 6) is 0.545. The molecule has 23 heavy (non-hydrogen) atoms. The highest BCUT2D eigenvalue weighted by atomic mass is 35.5. The van der Waals surface area contributed by atoms with Gasteiger partial charge in [-0.1, -0.05) is 6.92 Å². The fourth-order valence-electron chi connectivity index (χ4n) is 3.36. The molecule has 2 aliphatic heterocycles. The van der Waals surface area contributed by atoms with Gasteiger partial charge in [-0.25, -0.2) is 4.79 Å². The fraction of sp³-hybridized carbons (Fsp3) is 0.800. The van der Waals surface area contributed by atoms with Crippen LogP contribution in [0, 0.1) is 11.8 Å². The molecule has 0 unspecified atom stereocenters. The van der Waals surface area contributed by atoms with E-state index >= 15 is 0 Å². The Kier molecular flexibility index (Phi) is 5.52. The molecule has 0 aromatic rings. The SMILES string of the molecule is CC1CCC2(CC1)NC(=O)N(CC(=O)NCC1CNC1)C2=O.Cl. The number of amides is 4. The number of hydrogen-bond donors (Lipinski definition) is 3. The summed E-state index contributed by atoms with van der Waals surface area (Å²) < 4.78 is 0. The van der Waals surface area contributed by atoms with Gasteiger partial charge >= 0.3 is 6.03 Å². The number of carbonyl (C=O) groups excluding carboxylic acids is 3. The van der Waals surface area contributed by atoms with Crippen molar-refractivity contribution < 1.29 is 14.4 Å². The van der Waals surface area contributed by atoms with Gasteiger partial charge in [-0.3, -0.25) is 14.5 Å². The smallest absolute Gasteiger partial charge is 0.325 e. The van der Waals surface area contributed by atoms with Crippen LogP contribution in [0.2, 0.25) is 0 Å². The molecule has 2 heterocycles. The van der Waals surface area contributed by atoms with E-state index in [2.05, 4.69) is 22.9 Å². The Hall–Kier alpha value is -1.34. The van der Waals surface area contributed by atoms with Gasteiger partial charge in [0.1, 0.15) is 12.1 Å². The Balaban J connectivity index is 0.00000192. The van der Waals surface area contributed by atoms with Crippen molar-refractivity contribution in [3.8, 4) is 0 Å². The van der Waals surface area contributed by atoms with Gasteiger partial charge in [0.15, 0.2) is 0 Å². The van der Waals surface area contributed by atoms with Crippen LogP contribution in [0.1, 0.15) is 32.6 Å². The van der Waals surface area contributed by atoms with Crippen molar-refractivity contribution in [3.63, 3.8) is 0 Å². The Labute approximate surface area is 142 Å². The van der Waals surface area contributed by atoms with Gasteiger partial charge in [0, 0.05) is 25.6 Å². The minimum atomic E-state index is -0.762. The first-order valence-electron chi connectivity index (χ1n) is 8.12. The molecule has 8 heteroatoms. The summed E-state index contributed by atoms with van der Waals surface area (Å²) >= 11 is 0. The predicted octanol–water partition coefficient (Wildman–Crippen LogP) is 0.245. The van der Waals surface area contributed by atoms with Crippen LogP contribution in [-0.4, -0.2) is 54.5 Å². The van der Waals surface area contributed by atoms with E-state index in [1.165, 1.54) is 0 Å². The Morgan fingerprint density at radius 3 is 2.52 bits per heavy atom. The summed E-state index contributed by atoms with van der Waals surface area (Å²) in [6, 6.07) is -0.431. The van der Waals surface area contributed by atoms with E-state index in [0.717, 1.165) is 30.8 Å². The summed E-state index contributed by atoms with van der Waals surface area (Å²) in [5, 5.41) is 8.76. The highest BCUT2D eigenvalue weighted by Crippen LogP contribution is 2.36. The Morgan fingerprint density at radius 1 is 1.30 bits per heavy atom. The zero-order chi connectivity index (χ0) is 15.7. The second kappa shape index (κ2) is 7.05. The number of hydrogen-bond acceptors (Lipinski definition) is 4. The van der Waals surface area contributed by atoms with E-state index in [0.29, 0.717) is 31.2 Å². The zero-order valence-corrected chi connectivity index (χ0v) is 14.2. The van der Waals surface area contributed by atoms with Crippen LogP contribution in [0.25, 0.3) is 0 Å². The molecular formula is C15H25ClN4O3. The van der Waals surface area contributed by atoms with Crippen molar-refractivity contribution in [2.24, 2.45) is 11.8 Å². The standard InChI is InChI=1S/C15H24N4O3.ClH/c1-10-2-4-15(5-3-10)13(21)19(14(22)18-15)9-12(20)17-8-11-6-16-7-11;/h10-11,16H,2-9H2,1H3,(H,17,20)(H,18,22);1H. The second-order valence-electron chi connectivity index (χ2n) is 6.91. The van der Waals surface area contributed by atoms with Crippen molar-refractivity contribution in [2.45, 2.75) is 38.1 Å². The lowest BCUT2D eigenvalue weighted by Gasteiger charge is -2.33. The minimum absolute atomic E-state index is 0. The first-order valence-corrected chi connectivity index (χ1v) is 8.12. The molecule has 1 saturated carbocycles. The molecule has 4 amide bonds. The number of nitrogens with zero attached hydrogens (tertiary/aromatic N) is 1. The van der Waals surface area contributed by atoms with Crippen molar-refractivity contribution in [1.82, 2.24) is 20.9 Å². The molecule has 1 aliphatic carbocycles. The van der Waals surface area contributed by atoms with E-state index in [1.807, 2.05) is 0 Å². The largest absolute Gasteiger partial charge is 0.354 e. The molecule has 0 atom stereocenters. The van der Waals surface area contributed by atoms with Crippen LogP contribution in [0.5, 0.6) is 0 Å². The van der Waals surface area contributed by atoms with Gasteiger partial charge in [0.25, 0.3) is 5.91 Å². The van der Waals surface area contributed by atoms with E-state index in [-0.39, 0.29) is 30.8 Å². The van der Waals surface area contributed by atoms with E-state index in [1.54, 1.807) is 0 Å². The molecule has 1 spiro atoms. The number of rotatable bonds is 4. The van der Waals surface area contributed by atoms with Gasteiger partial charge in [-0.05, 0) is 31.6 Å². The molecule has 3 N–H and O–H groups in total.